The molecule has 5 rings (SSSR count). The number of para-hydroxylation sites is 1. The summed E-state index contributed by atoms with van der Waals surface area (Å²) in [5.41, 5.74) is 8.14. The van der Waals surface area contributed by atoms with Crippen molar-refractivity contribution >= 4 is 22.6 Å². The first-order valence-electron chi connectivity index (χ1n) is 13.1. The topological polar surface area (TPSA) is 90.3 Å². The molecular formula is C28H36N4O3. The van der Waals surface area contributed by atoms with E-state index >= 15 is 0 Å². The number of imidazole rings is 1. The summed E-state index contributed by atoms with van der Waals surface area (Å²) in [6, 6.07) is 5.56. The lowest BCUT2D eigenvalue weighted by atomic mass is 9.85. The van der Waals surface area contributed by atoms with Gasteiger partial charge in [-0.1, -0.05) is 17.9 Å². The van der Waals surface area contributed by atoms with Gasteiger partial charge in [0, 0.05) is 32.0 Å². The smallest absolute Gasteiger partial charge is 0.328 e. The Morgan fingerprint density at radius 1 is 1.00 bits per heavy atom. The summed E-state index contributed by atoms with van der Waals surface area (Å²) in [6.07, 6.45) is 7.62. The second-order valence-electron chi connectivity index (χ2n) is 10.7. The Balaban J connectivity index is 1.30. The number of carbonyl (C=O) groups excluding carboxylic acids is 2. The van der Waals surface area contributed by atoms with Crippen LogP contribution in [0.3, 0.4) is 0 Å². The molecule has 3 aliphatic rings. The number of piperidine rings is 1. The standard InChI is InChI=1S/C28H36N4O3/c1-30-27-21(3-2-4-25(27)32(28(30)35)24-12-11-23(33)17-26(24)34)8-5-19-13-15-31(16-14-19)18-20-6-9-22(29)10-7-20/h2-4,19-20,22,24H,6-7,9-18,29H2,1H3/t20-,22-,24?. The molecule has 1 atom stereocenters. The molecule has 1 aromatic heterocycles. The van der Waals surface area contributed by atoms with Crippen LogP contribution in [0.5, 0.6) is 0 Å². The Hall–Kier alpha value is -2.69. The minimum absolute atomic E-state index is 0.0416. The molecule has 2 aromatic rings. The number of aryl methyl sites for hydroxylation is 1. The molecular weight excluding hydrogens is 440 g/mol. The molecule has 35 heavy (non-hydrogen) atoms. The minimum atomic E-state index is -0.573. The molecule has 2 heterocycles. The summed E-state index contributed by atoms with van der Waals surface area (Å²) < 4.78 is 3.17. The molecule has 0 radical (unpaired) electrons. The minimum Gasteiger partial charge on any atom is -0.328 e. The number of fused-ring (bicyclic) bond motifs is 1. The maximum absolute atomic E-state index is 13.1. The normalized spacial score (nSPS) is 26.6. The highest BCUT2D eigenvalue weighted by atomic mass is 16.2. The number of likely N-dealkylation sites (tertiary alicyclic amines) is 1. The molecule has 2 aliphatic carbocycles. The number of benzene rings is 1. The van der Waals surface area contributed by atoms with E-state index in [2.05, 4.69) is 16.7 Å². The number of ketones is 2. The van der Waals surface area contributed by atoms with Crippen LogP contribution in [0.4, 0.5) is 0 Å². The fourth-order valence-electron chi connectivity index (χ4n) is 6.15. The van der Waals surface area contributed by atoms with Gasteiger partial charge in [-0.2, -0.15) is 0 Å². The molecule has 1 aromatic carbocycles. The van der Waals surface area contributed by atoms with Gasteiger partial charge in [-0.25, -0.2) is 4.79 Å². The number of nitrogens with two attached hydrogens (primary N) is 1. The molecule has 2 saturated carbocycles. The molecule has 1 saturated heterocycles. The first kappa shape index (κ1) is 24.0. The largest absolute Gasteiger partial charge is 0.329 e. The van der Waals surface area contributed by atoms with Crippen LogP contribution in [0.2, 0.25) is 0 Å². The maximum Gasteiger partial charge on any atom is 0.329 e. The molecule has 7 heteroatoms. The van der Waals surface area contributed by atoms with Crippen molar-refractivity contribution < 1.29 is 9.59 Å². The quantitative estimate of drug-likeness (QED) is 0.544. The summed E-state index contributed by atoms with van der Waals surface area (Å²) in [6.45, 7) is 3.36. The first-order valence-corrected chi connectivity index (χ1v) is 13.1. The van der Waals surface area contributed by atoms with Crippen molar-refractivity contribution in [3.8, 4) is 11.8 Å². The second-order valence-corrected chi connectivity index (χ2v) is 10.7. The lowest BCUT2D eigenvalue weighted by molar-refractivity contribution is -0.132. The van der Waals surface area contributed by atoms with E-state index in [1.165, 1.54) is 19.4 Å². The molecule has 0 spiro atoms. The molecule has 0 bridgehead atoms. The lowest BCUT2D eigenvalue weighted by Crippen LogP contribution is -2.39. The third-order valence-corrected chi connectivity index (χ3v) is 8.26. The average Bonchev–Trinajstić information content (AvgIpc) is 3.11. The first-order chi connectivity index (χ1) is 16.9. The zero-order valence-electron chi connectivity index (χ0n) is 20.7. The third-order valence-electron chi connectivity index (χ3n) is 8.26. The van der Waals surface area contributed by atoms with E-state index in [9.17, 15) is 14.4 Å². The van der Waals surface area contributed by atoms with Crippen molar-refractivity contribution in [2.75, 3.05) is 19.6 Å². The van der Waals surface area contributed by atoms with Crippen LogP contribution >= 0.6 is 0 Å². The number of rotatable bonds is 3. The van der Waals surface area contributed by atoms with Crippen LogP contribution < -0.4 is 11.4 Å². The SMILES string of the molecule is Cn1c(=O)n(C2CCC(=O)CC2=O)c2cccc(C#CC3CCN(C[C@H]4CC[C@H](N)CC4)CC3)c21. The Morgan fingerprint density at radius 2 is 1.74 bits per heavy atom. The molecule has 0 amide bonds. The van der Waals surface area contributed by atoms with Gasteiger partial charge in [-0.15, -0.1) is 0 Å². The van der Waals surface area contributed by atoms with Gasteiger partial charge in [0.2, 0.25) is 0 Å². The zero-order valence-corrected chi connectivity index (χ0v) is 20.7. The van der Waals surface area contributed by atoms with Gasteiger partial charge in [0.05, 0.1) is 29.1 Å². The summed E-state index contributed by atoms with van der Waals surface area (Å²) in [5.74, 6) is 7.77. The number of nitrogens with zero attached hydrogens (tertiary/aromatic N) is 3. The molecule has 3 fully saturated rings. The van der Waals surface area contributed by atoms with Crippen molar-refractivity contribution in [3.63, 3.8) is 0 Å². The number of hydrogen-bond donors (Lipinski definition) is 1. The van der Waals surface area contributed by atoms with Gasteiger partial charge in [-0.3, -0.25) is 18.7 Å². The van der Waals surface area contributed by atoms with Crippen LogP contribution in [0.15, 0.2) is 23.0 Å². The van der Waals surface area contributed by atoms with Gasteiger partial charge in [0.25, 0.3) is 0 Å². The molecule has 7 nitrogen and oxygen atoms in total. The highest BCUT2D eigenvalue weighted by Crippen LogP contribution is 2.28. The summed E-state index contributed by atoms with van der Waals surface area (Å²) >= 11 is 0. The zero-order chi connectivity index (χ0) is 24.5. The van der Waals surface area contributed by atoms with E-state index in [0.717, 1.165) is 61.3 Å². The fourth-order valence-corrected chi connectivity index (χ4v) is 6.15. The average molecular weight is 477 g/mol. The van der Waals surface area contributed by atoms with Crippen molar-refractivity contribution in [2.45, 2.75) is 69.9 Å². The van der Waals surface area contributed by atoms with Gasteiger partial charge in [0.1, 0.15) is 5.78 Å². The predicted octanol–water partition coefficient (Wildman–Crippen LogP) is 2.78. The van der Waals surface area contributed by atoms with Crippen LogP contribution in [-0.4, -0.2) is 51.3 Å². The van der Waals surface area contributed by atoms with E-state index in [4.69, 9.17) is 5.73 Å². The summed E-state index contributed by atoms with van der Waals surface area (Å²) in [4.78, 5) is 40.0. The van der Waals surface area contributed by atoms with Crippen LogP contribution in [0.25, 0.3) is 11.0 Å². The highest BCUT2D eigenvalue weighted by molar-refractivity contribution is 6.03. The van der Waals surface area contributed by atoms with Crippen molar-refractivity contribution in [3.05, 3.63) is 34.2 Å². The Kier molecular flexibility index (Phi) is 6.95. The van der Waals surface area contributed by atoms with Crippen LogP contribution in [0, 0.1) is 23.7 Å². The fraction of sp³-hybridized carbons (Fsp3) is 0.607. The Bertz CT molecular complexity index is 1230. The highest BCUT2D eigenvalue weighted by Gasteiger charge is 2.31. The molecule has 1 aliphatic heterocycles. The van der Waals surface area contributed by atoms with Crippen molar-refractivity contribution in [1.29, 1.82) is 0 Å². The number of aromatic nitrogens is 2. The van der Waals surface area contributed by atoms with Crippen LogP contribution in [-0.2, 0) is 16.6 Å². The maximum atomic E-state index is 13.1. The van der Waals surface area contributed by atoms with Gasteiger partial charge in [-0.05, 0) is 76.1 Å². The van der Waals surface area contributed by atoms with Crippen molar-refractivity contribution in [1.82, 2.24) is 14.0 Å². The van der Waals surface area contributed by atoms with Gasteiger partial charge >= 0.3 is 5.69 Å². The van der Waals surface area contributed by atoms with E-state index in [0.29, 0.717) is 24.8 Å². The van der Waals surface area contributed by atoms with E-state index in [-0.39, 0.29) is 23.7 Å². The number of carbonyl (C=O) groups is 2. The third kappa shape index (κ3) is 5.00. The van der Waals surface area contributed by atoms with Gasteiger partial charge < -0.3 is 10.6 Å². The van der Waals surface area contributed by atoms with Gasteiger partial charge in [0.15, 0.2) is 5.78 Å². The summed E-state index contributed by atoms with van der Waals surface area (Å²) in [5, 5.41) is 0. The predicted molar refractivity (Wildman–Crippen MR) is 136 cm³/mol. The molecule has 2 N–H and O–H groups in total. The monoisotopic (exact) mass is 476 g/mol. The van der Waals surface area contributed by atoms with Crippen LogP contribution in [0.1, 0.15) is 69.4 Å². The van der Waals surface area contributed by atoms with E-state index < -0.39 is 6.04 Å². The molecule has 186 valence electrons. The second kappa shape index (κ2) is 10.1. The lowest BCUT2D eigenvalue weighted by Gasteiger charge is -2.35. The van der Waals surface area contributed by atoms with Crippen molar-refractivity contribution in [2.24, 2.45) is 24.6 Å². The number of Topliss-reactive ketones (excluding diaryl/α,β-unsaturated/α-hetero) is 2. The number of hydrogen-bond acceptors (Lipinski definition) is 5. The molecule has 1 unspecified atom stereocenters. The Morgan fingerprint density at radius 3 is 2.46 bits per heavy atom. The summed E-state index contributed by atoms with van der Waals surface area (Å²) in [7, 11) is 1.74. The Labute approximate surface area is 206 Å². The van der Waals surface area contributed by atoms with E-state index in [1.54, 1.807) is 16.2 Å². The van der Waals surface area contributed by atoms with E-state index in [1.807, 2.05) is 18.2 Å².